The van der Waals surface area contributed by atoms with E-state index < -0.39 is 0 Å². The zero-order valence-electron chi connectivity index (χ0n) is 14.7. The van der Waals surface area contributed by atoms with E-state index in [1.54, 1.807) is 19.5 Å². The quantitative estimate of drug-likeness (QED) is 0.372. The summed E-state index contributed by atoms with van der Waals surface area (Å²) in [7, 11) is 0. The number of halogens is 1. The second kappa shape index (κ2) is 7.48. The van der Waals surface area contributed by atoms with Crippen molar-refractivity contribution in [2.75, 3.05) is 6.61 Å². The topological polar surface area (TPSA) is 61.8 Å². The Kier molecular flexibility index (Phi) is 4.90. The van der Waals surface area contributed by atoms with Crippen LogP contribution < -0.4 is 4.74 Å². The lowest BCUT2D eigenvalue weighted by molar-refractivity contribution is -0.142. The van der Waals surface area contributed by atoms with Gasteiger partial charge in [-0.2, -0.15) is 0 Å². The van der Waals surface area contributed by atoms with Gasteiger partial charge < -0.3 is 18.3 Å². The summed E-state index contributed by atoms with van der Waals surface area (Å²) in [5.41, 5.74) is 3.27. The number of hydrogen-bond donors (Lipinski definition) is 0. The number of ether oxygens (including phenoxy) is 2. The molecule has 0 saturated carbocycles. The molecule has 0 atom stereocenters. The number of furan rings is 2. The van der Waals surface area contributed by atoms with Crippen molar-refractivity contribution in [3.63, 3.8) is 0 Å². The van der Waals surface area contributed by atoms with Gasteiger partial charge in [-0.05, 0) is 58.7 Å². The maximum Gasteiger partial charge on any atom is 0.310 e. The minimum Gasteiger partial charge on any atom is -0.488 e. The lowest BCUT2D eigenvalue weighted by atomic mass is 10.1. The molecule has 0 amide bonds. The summed E-state index contributed by atoms with van der Waals surface area (Å²) in [6, 6.07) is 11.5. The molecule has 2 aromatic heterocycles. The van der Waals surface area contributed by atoms with E-state index in [4.69, 9.17) is 18.3 Å². The zero-order chi connectivity index (χ0) is 18.8. The number of hydrogen-bond acceptors (Lipinski definition) is 5. The molecule has 6 heteroatoms. The van der Waals surface area contributed by atoms with Crippen LogP contribution in [0.5, 0.6) is 5.75 Å². The summed E-state index contributed by atoms with van der Waals surface area (Å²) in [5, 5.41) is 1.92. The predicted molar refractivity (Wildman–Crippen MR) is 105 cm³/mol. The van der Waals surface area contributed by atoms with Crippen molar-refractivity contribution in [1.82, 2.24) is 0 Å². The van der Waals surface area contributed by atoms with E-state index in [-0.39, 0.29) is 12.4 Å². The molecular weight excluding hydrogens is 412 g/mol. The molecular formula is C21H17BrO5. The van der Waals surface area contributed by atoms with Gasteiger partial charge in [0.15, 0.2) is 0 Å². The van der Waals surface area contributed by atoms with Crippen LogP contribution in [0, 0.1) is 0 Å². The van der Waals surface area contributed by atoms with Crippen molar-refractivity contribution in [1.29, 1.82) is 0 Å². The summed E-state index contributed by atoms with van der Waals surface area (Å²) in [6.45, 7) is 2.49. The third-order valence-corrected chi connectivity index (χ3v) is 4.82. The average molecular weight is 429 g/mol. The molecule has 0 aliphatic carbocycles. The highest BCUT2D eigenvalue weighted by Gasteiger charge is 2.14. The molecule has 4 aromatic rings. The summed E-state index contributed by atoms with van der Waals surface area (Å²) in [5.74, 6) is 0.321. The van der Waals surface area contributed by atoms with Crippen LogP contribution in [0.1, 0.15) is 18.1 Å². The van der Waals surface area contributed by atoms with Crippen molar-refractivity contribution >= 4 is 43.8 Å². The largest absolute Gasteiger partial charge is 0.488 e. The normalized spacial score (nSPS) is 11.2. The van der Waals surface area contributed by atoms with Gasteiger partial charge in [-0.15, -0.1) is 0 Å². The molecule has 27 heavy (non-hydrogen) atoms. The molecule has 0 N–H and O–H groups in total. The molecule has 0 spiro atoms. The first-order valence-corrected chi connectivity index (χ1v) is 9.37. The molecule has 2 aromatic carbocycles. The fraction of sp³-hybridized carbons (Fsp3) is 0.190. The Balaban J connectivity index is 1.61. The number of esters is 1. The van der Waals surface area contributed by atoms with Gasteiger partial charge in [0.25, 0.3) is 0 Å². The second-order valence-electron chi connectivity index (χ2n) is 6.11. The van der Waals surface area contributed by atoms with E-state index in [1.165, 1.54) is 0 Å². The predicted octanol–water partition coefficient (Wildman–Crippen LogP) is 5.63. The summed E-state index contributed by atoms with van der Waals surface area (Å²) in [6.07, 6.45) is 3.42. The number of carbonyl (C=O) groups is 1. The third kappa shape index (κ3) is 3.71. The van der Waals surface area contributed by atoms with Crippen LogP contribution in [-0.2, 0) is 22.6 Å². The number of fused-ring (bicyclic) bond motifs is 2. The monoisotopic (exact) mass is 428 g/mol. The molecule has 0 aliphatic rings. The average Bonchev–Trinajstić information content (AvgIpc) is 3.28. The van der Waals surface area contributed by atoms with Crippen molar-refractivity contribution in [2.24, 2.45) is 0 Å². The zero-order valence-corrected chi connectivity index (χ0v) is 16.2. The first kappa shape index (κ1) is 17.7. The van der Waals surface area contributed by atoms with E-state index in [1.807, 2.05) is 36.4 Å². The SMILES string of the molecule is CCOC(=O)Cc1cc2ccoc2cc1OCc1cc(Br)c2occc2c1. The first-order valence-electron chi connectivity index (χ1n) is 8.58. The van der Waals surface area contributed by atoms with Gasteiger partial charge in [-0.1, -0.05) is 0 Å². The molecule has 0 fully saturated rings. The Morgan fingerprint density at radius 3 is 2.74 bits per heavy atom. The van der Waals surface area contributed by atoms with E-state index in [0.29, 0.717) is 24.5 Å². The minimum atomic E-state index is -0.284. The lowest BCUT2D eigenvalue weighted by Gasteiger charge is -2.12. The summed E-state index contributed by atoms with van der Waals surface area (Å²) < 4.78 is 22.9. The number of carbonyl (C=O) groups excluding carboxylic acids is 1. The first-order chi connectivity index (χ1) is 13.1. The van der Waals surface area contributed by atoms with Crippen LogP contribution in [-0.4, -0.2) is 12.6 Å². The van der Waals surface area contributed by atoms with Crippen molar-refractivity contribution in [3.05, 3.63) is 64.5 Å². The molecule has 0 unspecified atom stereocenters. The van der Waals surface area contributed by atoms with Crippen LogP contribution in [0.25, 0.3) is 21.9 Å². The summed E-state index contributed by atoms with van der Waals surface area (Å²) in [4.78, 5) is 12.0. The smallest absolute Gasteiger partial charge is 0.310 e. The highest BCUT2D eigenvalue weighted by Crippen LogP contribution is 2.30. The lowest BCUT2D eigenvalue weighted by Crippen LogP contribution is -2.09. The van der Waals surface area contributed by atoms with Gasteiger partial charge in [-0.3, -0.25) is 4.79 Å². The molecule has 2 heterocycles. The van der Waals surface area contributed by atoms with Crippen LogP contribution in [0.2, 0.25) is 0 Å². The van der Waals surface area contributed by atoms with Crippen LogP contribution in [0.15, 0.2) is 62.2 Å². The molecule has 4 rings (SSSR count). The fourth-order valence-electron chi connectivity index (χ4n) is 3.02. The number of rotatable bonds is 6. The molecule has 0 saturated heterocycles. The molecule has 5 nitrogen and oxygen atoms in total. The maximum absolute atomic E-state index is 12.0. The third-order valence-electron chi connectivity index (χ3n) is 4.24. The van der Waals surface area contributed by atoms with Gasteiger partial charge in [0.2, 0.25) is 0 Å². The van der Waals surface area contributed by atoms with Crippen LogP contribution in [0.3, 0.4) is 0 Å². The highest BCUT2D eigenvalue weighted by atomic mass is 79.9. The minimum absolute atomic E-state index is 0.148. The van der Waals surface area contributed by atoms with E-state index in [0.717, 1.165) is 32.0 Å². The van der Waals surface area contributed by atoms with Gasteiger partial charge in [0.1, 0.15) is 23.5 Å². The molecule has 0 bridgehead atoms. The summed E-state index contributed by atoms with van der Waals surface area (Å²) >= 11 is 3.52. The van der Waals surface area contributed by atoms with Crippen molar-refractivity contribution in [3.8, 4) is 5.75 Å². The van der Waals surface area contributed by atoms with Crippen molar-refractivity contribution < 1.29 is 23.1 Å². The maximum atomic E-state index is 12.0. The second-order valence-corrected chi connectivity index (χ2v) is 6.96. The number of benzene rings is 2. The van der Waals surface area contributed by atoms with Crippen molar-refractivity contribution in [2.45, 2.75) is 20.0 Å². The Labute approximate surface area is 164 Å². The Hall–Kier alpha value is -2.73. The van der Waals surface area contributed by atoms with Crippen LogP contribution in [0.4, 0.5) is 0 Å². The molecule has 0 radical (unpaired) electrons. The highest BCUT2D eigenvalue weighted by molar-refractivity contribution is 9.10. The standard InChI is InChI=1S/C21H17BrO5/c1-2-24-20(23)10-16-9-14-3-5-25-18(14)11-19(16)27-12-13-7-15-4-6-26-21(15)17(22)8-13/h3-9,11H,2,10,12H2,1H3. The van der Waals surface area contributed by atoms with Gasteiger partial charge in [0, 0.05) is 22.4 Å². The molecule has 138 valence electrons. The van der Waals surface area contributed by atoms with Crippen LogP contribution >= 0.6 is 15.9 Å². The van der Waals surface area contributed by atoms with Gasteiger partial charge in [0.05, 0.1) is 30.0 Å². The Morgan fingerprint density at radius 2 is 1.89 bits per heavy atom. The Bertz CT molecular complexity index is 1110. The van der Waals surface area contributed by atoms with Gasteiger partial charge in [-0.25, -0.2) is 0 Å². The van der Waals surface area contributed by atoms with E-state index in [2.05, 4.69) is 15.9 Å². The Morgan fingerprint density at radius 1 is 1.07 bits per heavy atom. The van der Waals surface area contributed by atoms with E-state index in [9.17, 15) is 4.79 Å². The fourth-order valence-corrected chi connectivity index (χ4v) is 3.64. The molecule has 0 aliphatic heterocycles. The van der Waals surface area contributed by atoms with E-state index >= 15 is 0 Å². The van der Waals surface area contributed by atoms with Gasteiger partial charge >= 0.3 is 5.97 Å².